The van der Waals surface area contributed by atoms with Gasteiger partial charge < -0.3 is 15.3 Å². The highest BCUT2D eigenvalue weighted by atomic mass is 35.5. The first-order valence-corrected chi connectivity index (χ1v) is 9.24. The molecule has 1 heterocycles. The Bertz CT molecular complexity index is 1010. The fraction of sp³-hybridized carbons (Fsp3) is 0.167. The molecule has 0 spiro atoms. The number of nitrogens with two attached hydrogens (primary N) is 1. The van der Waals surface area contributed by atoms with Crippen LogP contribution in [0.25, 0.3) is 11.3 Å². The number of hydrogen-bond acceptors (Lipinski definition) is 7. The molecule has 7 nitrogen and oxygen atoms in total. The van der Waals surface area contributed by atoms with Crippen LogP contribution in [-0.2, 0) is 5.75 Å². The third kappa shape index (κ3) is 4.17. The van der Waals surface area contributed by atoms with Crippen LogP contribution >= 0.6 is 23.4 Å². The van der Waals surface area contributed by atoms with E-state index >= 15 is 0 Å². The number of benzene rings is 2. The average Bonchev–Trinajstić information content (AvgIpc) is 2.70. The third-order valence-electron chi connectivity index (χ3n) is 3.80. The predicted octanol–water partition coefficient (Wildman–Crippen LogP) is 2.98. The number of ether oxygens (including phenoxy) is 2. The summed E-state index contributed by atoms with van der Waals surface area (Å²) in [5.41, 5.74) is 1.26. The maximum absolute atomic E-state index is 12.6. The summed E-state index contributed by atoms with van der Waals surface area (Å²) >= 11 is 7.19. The van der Waals surface area contributed by atoms with Crippen molar-refractivity contribution in [3.05, 3.63) is 63.4 Å². The Morgan fingerprint density at radius 2 is 1.78 bits per heavy atom. The number of aromatic nitrogens is 3. The van der Waals surface area contributed by atoms with Crippen LogP contribution in [0.5, 0.6) is 11.5 Å². The Balaban J connectivity index is 1.86. The molecule has 0 amide bonds. The van der Waals surface area contributed by atoms with E-state index in [0.29, 0.717) is 33.0 Å². The standard InChI is InChI=1S/C18H17ClN4O3S/c1-25-14-8-5-12(9-15(14)26-2)16-17(24)23(20)18(22-21-16)27-10-11-3-6-13(19)7-4-11/h3-9H,10,20H2,1-2H3. The van der Waals surface area contributed by atoms with Gasteiger partial charge in [-0.25, -0.2) is 0 Å². The smallest absolute Gasteiger partial charge is 0.299 e. The molecule has 3 rings (SSSR count). The van der Waals surface area contributed by atoms with E-state index in [-0.39, 0.29) is 5.69 Å². The zero-order chi connectivity index (χ0) is 19.4. The lowest BCUT2D eigenvalue weighted by atomic mass is 10.1. The first kappa shape index (κ1) is 19.1. The fourth-order valence-corrected chi connectivity index (χ4v) is 3.31. The normalized spacial score (nSPS) is 10.6. The van der Waals surface area contributed by atoms with Crippen LogP contribution in [0.3, 0.4) is 0 Å². The molecule has 0 saturated heterocycles. The second kappa shape index (κ2) is 8.32. The van der Waals surface area contributed by atoms with Crippen LogP contribution < -0.4 is 20.9 Å². The van der Waals surface area contributed by atoms with Crippen LogP contribution in [0.2, 0.25) is 5.02 Å². The van der Waals surface area contributed by atoms with Gasteiger partial charge in [0.25, 0.3) is 5.56 Å². The van der Waals surface area contributed by atoms with E-state index in [9.17, 15) is 4.79 Å². The minimum Gasteiger partial charge on any atom is -0.493 e. The van der Waals surface area contributed by atoms with Gasteiger partial charge in [0.15, 0.2) is 17.2 Å². The van der Waals surface area contributed by atoms with E-state index < -0.39 is 5.56 Å². The van der Waals surface area contributed by atoms with Gasteiger partial charge in [-0.1, -0.05) is 35.5 Å². The number of methoxy groups -OCH3 is 2. The molecule has 0 fully saturated rings. The quantitative estimate of drug-likeness (QED) is 0.498. The van der Waals surface area contributed by atoms with Crippen molar-refractivity contribution < 1.29 is 9.47 Å². The third-order valence-corrected chi connectivity index (χ3v) is 5.07. The summed E-state index contributed by atoms with van der Waals surface area (Å²) in [5, 5.41) is 9.15. The van der Waals surface area contributed by atoms with Crippen LogP contribution in [0, 0.1) is 0 Å². The summed E-state index contributed by atoms with van der Waals surface area (Å²) in [6.45, 7) is 0. The van der Waals surface area contributed by atoms with Crippen molar-refractivity contribution in [1.82, 2.24) is 14.9 Å². The molecule has 9 heteroatoms. The number of thioether (sulfide) groups is 1. The molecule has 0 saturated carbocycles. The number of rotatable bonds is 6. The first-order chi connectivity index (χ1) is 13.0. The lowest BCUT2D eigenvalue weighted by Crippen LogP contribution is -2.32. The van der Waals surface area contributed by atoms with Crippen molar-refractivity contribution in [2.45, 2.75) is 10.9 Å². The van der Waals surface area contributed by atoms with Crippen LogP contribution in [0.1, 0.15) is 5.56 Å². The van der Waals surface area contributed by atoms with Gasteiger partial charge in [-0.2, -0.15) is 4.68 Å². The van der Waals surface area contributed by atoms with Crippen LogP contribution in [0.15, 0.2) is 52.4 Å². The maximum Gasteiger partial charge on any atom is 0.299 e. The molecule has 1 aromatic heterocycles. The van der Waals surface area contributed by atoms with Gasteiger partial charge in [0.1, 0.15) is 0 Å². The summed E-state index contributed by atoms with van der Waals surface area (Å²) < 4.78 is 11.5. The molecule has 0 radical (unpaired) electrons. The van der Waals surface area contributed by atoms with Crippen LogP contribution in [0.4, 0.5) is 0 Å². The monoisotopic (exact) mass is 404 g/mol. The van der Waals surface area contributed by atoms with Gasteiger partial charge in [0.05, 0.1) is 14.2 Å². The summed E-state index contributed by atoms with van der Waals surface area (Å²) in [6, 6.07) is 12.5. The Hall–Kier alpha value is -2.71. The van der Waals surface area contributed by atoms with E-state index in [4.69, 9.17) is 26.9 Å². The molecule has 0 atom stereocenters. The van der Waals surface area contributed by atoms with Crippen molar-refractivity contribution in [2.24, 2.45) is 0 Å². The van der Waals surface area contributed by atoms with Gasteiger partial charge >= 0.3 is 0 Å². The molecular formula is C18H17ClN4O3S. The summed E-state index contributed by atoms with van der Waals surface area (Å²) in [4.78, 5) is 12.6. The van der Waals surface area contributed by atoms with Crippen molar-refractivity contribution in [3.63, 3.8) is 0 Å². The Kier molecular flexibility index (Phi) is 5.88. The summed E-state index contributed by atoms with van der Waals surface area (Å²) in [6.07, 6.45) is 0. The van der Waals surface area contributed by atoms with Gasteiger partial charge in [-0.15, -0.1) is 10.2 Å². The van der Waals surface area contributed by atoms with E-state index in [1.807, 2.05) is 12.1 Å². The summed E-state index contributed by atoms with van der Waals surface area (Å²) in [5.74, 6) is 7.56. The minimum absolute atomic E-state index is 0.134. The summed E-state index contributed by atoms with van der Waals surface area (Å²) in [7, 11) is 3.06. The van der Waals surface area contributed by atoms with Crippen molar-refractivity contribution in [1.29, 1.82) is 0 Å². The maximum atomic E-state index is 12.6. The average molecular weight is 405 g/mol. The first-order valence-electron chi connectivity index (χ1n) is 7.88. The second-order valence-corrected chi connectivity index (χ2v) is 6.87. The SMILES string of the molecule is COc1ccc(-c2nnc(SCc3ccc(Cl)cc3)n(N)c2=O)cc1OC. The highest BCUT2D eigenvalue weighted by molar-refractivity contribution is 7.98. The molecule has 27 heavy (non-hydrogen) atoms. The van der Waals surface area contributed by atoms with Crippen molar-refractivity contribution in [2.75, 3.05) is 20.1 Å². The van der Waals surface area contributed by atoms with E-state index in [1.165, 1.54) is 26.0 Å². The Morgan fingerprint density at radius 3 is 2.44 bits per heavy atom. The molecule has 0 bridgehead atoms. The number of nitrogens with zero attached hydrogens (tertiary/aromatic N) is 3. The molecule has 0 unspecified atom stereocenters. The van der Waals surface area contributed by atoms with Crippen LogP contribution in [-0.4, -0.2) is 29.1 Å². The molecular weight excluding hydrogens is 388 g/mol. The number of halogens is 1. The van der Waals surface area contributed by atoms with Crippen molar-refractivity contribution >= 4 is 23.4 Å². The van der Waals surface area contributed by atoms with Gasteiger partial charge in [-0.3, -0.25) is 4.79 Å². The Morgan fingerprint density at radius 1 is 1.07 bits per heavy atom. The largest absolute Gasteiger partial charge is 0.493 e. The van der Waals surface area contributed by atoms with Gasteiger partial charge in [-0.05, 0) is 35.9 Å². The lowest BCUT2D eigenvalue weighted by Gasteiger charge is -2.10. The van der Waals surface area contributed by atoms with Gasteiger partial charge in [0, 0.05) is 16.3 Å². The zero-order valence-electron chi connectivity index (χ0n) is 14.7. The molecule has 0 aliphatic carbocycles. The highest BCUT2D eigenvalue weighted by Crippen LogP contribution is 2.30. The van der Waals surface area contributed by atoms with E-state index in [1.54, 1.807) is 30.3 Å². The predicted molar refractivity (Wildman–Crippen MR) is 106 cm³/mol. The molecule has 2 N–H and O–H groups in total. The highest BCUT2D eigenvalue weighted by Gasteiger charge is 2.15. The Labute approximate surface area is 165 Å². The van der Waals surface area contributed by atoms with E-state index in [2.05, 4.69) is 10.2 Å². The molecule has 2 aromatic carbocycles. The second-order valence-electron chi connectivity index (χ2n) is 5.49. The number of nitrogen functional groups attached to an aromatic ring is 1. The lowest BCUT2D eigenvalue weighted by molar-refractivity contribution is 0.355. The molecule has 140 valence electrons. The molecule has 0 aliphatic rings. The topological polar surface area (TPSA) is 92.3 Å². The zero-order valence-corrected chi connectivity index (χ0v) is 16.3. The molecule has 0 aliphatic heterocycles. The molecule has 3 aromatic rings. The van der Waals surface area contributed by atoms with Gasteiger partial charge in [0.2, 0.25) is 5.16 Å². The minimum atomic E-state index is -0.448. The fourth-order valence-electron chi connectivity index (χ4n) is 2.38. The van der Waals surface area contributed by atoms with Crippen molar-refractivity contribution in [3.8, 4) is 22.8 Å². The van der Waals surface area contributed by atoms with E-state index in [0.717, 1.165) is 10.2 Å². The number of hydrogen-bond donors (Lipinski definition) is 1.